The second-order valence-electron chi connectivity index (χ2n) is 8.75. The van der Waals surface area contributed by atoms with Gasteiger partial charge in [-0.15, -0.1) is 0 Å². The number of carbonyl (C=O) groups is 2. The summed E-state index contributed by atoms with van der Waals surface area (Å²) in [5, 5.41) is 3.63. The number of anilines is 1. The van der Waals surface area contributed by atoms with Crippen LogP contribution in [-0.4, -0.2) is 36.8 Å². The molecule has 6 heteroatoms. The number of rotatable bonds is 1. The maximum absolute atomic E-state index is 14.5. The summed E-state index contributed by atoms with van der Waals surface area (Å²) in [5.41, 5.74) is 0.498. The Hall–Kier alpha value is -3.15. The van der Waals surface area contributed by atoms with Crippen LogP contribution in [0.5, 0.6) is 5.75 Å². The lowest BCUT2D eigenvalue weighted by atomic mass is 9.57. The summed E-state index contributed by atoms with van der Waals surface area (Å²) in [6, 6.07) is 22.5. The normalized spacial score (nSPS) is 28.5. The molecule has 1 amide bonds. The first-order valence-electron chi connectivity index (χ1n) is 10.6. The number of halogens is 1. The number of amides is 1. The minimum atomic E-state index is -1.21. The van der Waals surface area contributed by atoms with Gasteiger partial charge in [-0.2, -0.15) is 0 Å². The second-order valence-corrected chi connectivity index (χ2v) is 9.16. The average Bonchev–Trinajstić information content (AvgIpc) is 3.25. The van der Waals surface area contributed by atoms with Crippen molar-refractivity contribution in [1.29, 1.82) is 0 Å². The minimum absolute atomic E-state index is 0.0829. The maximum atomic E-state index is 14.5. The Bertz CT molecular complexity index is 1290. The van der Waals surface area contributed by atoms with Crippen molar-refractivity contribution in [3.05, 3.63) is 94.5 Å². The molecule has 3 aliphatic heterocycles. The molecule has 160 valence electrons. The quantitative estimate of drug-likeness (QED) is 0.601. The Morgan fingerprint density at radius 3 is 2.56 bits per heavy atom. The Morgan fingerprint density at radius 1 is 1.00 bits per heavy atom. The summed E-state index contributed by atoms with van der Waals surface area (Å²) >= 11 is 6.66. The molecule has 32 heavy (non-hydrogen) atoms. The molecule has 6 rings (SSSR count). The largest absolute Gasteiger partial charge is 0.492 e. The predicted octanol–water partition coefficient (Wildman–Crippen LogP) is 4.48. The molecule has 0 unspecified atom stereocenters. The molecule has 5 nitrogen and oxygen atoms in total. The van der Waals surface area contributed by atoms with E-state index in [1.807, 2.05) is 72.6 Å². The number of fused-ring (bicyclic) bond motifs is 4. The summed E-state index contributed by atoms with van der Waals surface area (Å²) in [4.78, 5) is 30.3. The summed E-state index contributed by atoms with van der Waals surface area (Å²) in [6.07, 6.45) is 0. The molecular weight excluding hydrogens is 424 g/mol. The van der Waals surface area contributed by atoms with Gasteiger partial charge in [0.05, 0.1) is 5.56 Å². The van der Waals surface area contributed by atoms with E-state index in [0.717, 1.165) is 16.8 Å². The number of ether oxygens (including phenoxy) is 1. The van der Waals surface area contributed by atoms with Crippen LogP contribution in [0, 0.1) is 5.41 Å². The zero-order valence-corrected chi connectivity index (χ0v) is 18.2. The highest BCUT2D eigenvalue weighted by Crippen LogP contribution is 2.64. The smallest absolute Gasteiger partial charge is 0.250 e. The van der Waals surface area contributed by atoms with Gasteiger partial charge in [-0.25, -0.2) is 0 Å². The molecule has 0 saturated carbocycles. The predicted molar refractivity (Wildman–Crippen MR) is 122 cm³/mol. The molecule has 1 fully saturated rings. The summed E-state index contributed by atoms with van der Waals surface area (Å²) in [5.74, 6) is -0.0658. The fraction of sp³-hybridized carbons (Fsp3) is 0.231. The van der Waals surface area contributed by atoms with Gasteiger partial charge in [0.2, 0.25) is 0 Å². The maximum Gasteiger partial charge on any atom is 0.250 e. The van der Waals surface area contributed by atoms with E-state index in [9.17, 15) is 9.59 Å². The third-order valence-corrected chi connectivity index (χ3v) is 7.78. The van der Waals surface area contributed by atoms with Crippen LogP contribution in [0.15, 0.2) is 72.8 Å². The topological polar surface area (TPSA) is 58.6 Å². The van der Waals surface area contributed by atoms with Crippen LogP contribution in [0.1, 0.15) is 27.4 Å². The number of benzene rings is 3. The number of nitrogens with zero attached hydrogens (tertiary/aromatic N) is 1. The second kappa shape index (κ2) is 6.67. The van der Waals surface area contributed by atoms with E-state index < -0.39 is 11.0 Å². The number of hydrogen-bond donors (Lipinski definition) is 1. The highest BCUT2D eigenvalue weighted by molar-refractivity contribution is 6.31. The molecule has 1 saturated heterocycles. The van der Waals surface area contributed by atoms with Crippen LogP contribution in [-0.2, 0) is 10.3 Å². The number of likely N-dealkylation sites (N-methyl/N-ethyl adjacent to an activating group) is 1. The third kappa shape index (κ3) is 2.17. The number of hydrogen-bond acceptors (Lipinski definition) is 4. The van der Waals surface area contributed by atoms with Crippen molar-refractivity contribution in [2.24, 2.45) is 5.41 Å². The first-order chi connectivity index (χ1) is 15.5. The molecule has 0 aliphatic carbocycles. The Kier molecular flexibility index (Phi) is 4.07. The monoisotopic (exact) mass is 444 g/mol. The zero-order valence-electron chi connectivity index (χ0n) is 17.5. The van der Waals surface area contributed by atoms with Gasteiger partial charge < -0.3 is 10.1 Å². The van der Waals surface area contributed by atoms with Crippen LogP contribution in [0.4, 0.5) is 5.69 Å². The Labute approximate surface area is 190 Å². The van der Waals surface area contributed by atoms with Gasteiger partial charge in [0.1, 0.15) is 23.3 Å². The van der Waals surface area contributed by atoms with Gasteiger partial charge in [-0.05, 0) is 36.9 Å². The van der Waals surface area contributed by atoms with E-state index in [4.69, 9.17) is 16.3 Å². The fourth-order valence-electron chi connectivity index (χ4n) is 6.15. The Morgan fingerprint density at radius 2 is 1.72 bits per heavy atom. The van der Waals surface area contributed by atoms with Gasteiger partial charge >= 0.3 is 0 Å². The summed E-state index contributed by atoms with van der Waals surface area (Å²) in [7, 11) is 1.91. The Balaban J connectivity index is 1.69. The molecule has 3 aliphatic rings. The van der Waals surface area contributed by atoms with E-state index in [-0.39, 0.29) is 24.2 Å². The molecule has 2 spiro atoms. The van der Waals surface area contributed by atoms with Crippen LogP contribution in [0.3, 0.4) is 0 Å². The average molecular weight is 445 g/mol. The summed E-state index contributed by atoms with van der Waals surface area (Å²) < 4.78 is 6.25. The van der Waals surface area contributed by atoms with Gasteiger partial charge in [-0.3, -0.25) is 14.5 Å². The molecule has 0 bridgehead atoms. The van der Waals surface area contributed by atoms with E-state index in [1.54, 1.807) is 12.1 Å². The lowest BCUT2D eigenvalue weighted by Crippen LogP contribution is -2.62. The number of Topliss-reactive ketones (excluding diaryl/α,β-unsaturated/α-hetero) is 1. The standard InChI is InChI=1S/C26H21ClN2O3/c1-29-14-19(16-8-2-5-11-20(16)27)25(15-32-22-13-7-3-9-17(22)23(25)30)26(29)18-10-4-6-12-21(18)28-24(26)31/h2-13,19H,14-15H2,1H3,(H,28,31)/t19-,25-,26-/m0/s1. The van der Waals surface area contributed by atoms with Gasteiger partial charge in [0.25, 0.3) is 5.91 Å². The number of ketones is 1. The zero-order chi connectivity index (χ0) is 22.1. The van der Waals surface area contributed by atoms with Crippen LogP contribution in [0.2, 0.25) is 5.02 Å². The lowest BCUT2D eigenvalue weighted by molar-refractivity contribution is -0.131. The SMILES string of the molecule is CN1C[C@@H](c2ccccc2Cl)[C@]2(COc3ccccc3C2=O)[C@]12C(=O)Nc1ccccc12. The first kappa shape index (κ1) is 19.5. The molecule has 3 aromatic carbocycles. The van der Waals surface area contributed by atoms with Crippen molar-refractivity contribution < 1.29 is 14.3 Å². The van der Waals surface area contributed by atoms with Crippen molar-refractivity contribution in [3.8, 4) is 5.75 Å². The first-order valence-corrected chi connectivity index (χ1v) is 11.0. The van der Waals surface area contributed by atoms with E-state index in [2.05, 4.69) is 5.32 Å². The van der Waals surface area contributed by atoms with Gasteiger partial charge in [0, 0.05) is 28.7 Å². The number of nitrogens with one attached hydrogen (secondary N) is 1. The van der Waals surface area contributed by atoms with Crippen LogP contribution < -0.4 is 10.1 Å². The van der Waals surface area contributed by atoms with E-state index in [0.29, 0.717) is 22.9 Å². The van der Waals surface area contributed by atoms with Crippen molar-refractivity contribution in [1.82, 2.24) is 4.90 Å². The third-order valence-electron chi connectivity index (χ3n) is 7.44. The lowest BCUT2D eigenvalue weighted by Gasteiger charge is -2.47. The highest BCUT2D eigenvalue weighted by Gasteiger charge is 2.75. The van der Waals surface area contributed by atoms with Crippen molar-refractivity contribution >= 4 is 29.0 Å². The number of para-hydroxylation sites is 2. The van der Waals surface area contributed by atoms with E-state index in [1.165, 1.54) is 0 Å². The number of carbonyl (C=O) groups excluding carboxylic acids is 2. The number of likely N-dealkylation sites (tertiary alicyclic amines) is 1. The van der Waals surface area contributed by atoms with Crippen LogP contribution >= 0.6 is 11.6 Å². The molecule has 3 heterocycles. The summed E-state index contributed by atoms with van der Waals surface area (Å²) in [6.45, 7) is 0.577. The molecular formula is C26H21ClN2O3. The molecule has 3 atom stereocenters. The van der Waals surface area contributed by atoms with Crippen molar-refractivity contribution in [2.75, 3.05) is 25.5 Å². The minimum Gasteiger partial charge on any atom is -0.492 e. The van der Waals surface area contributed by atoms with Crippen molar-refractivity contribution in [2.45, 2.75) is 11.5 Å². The fourth-order valence-corrected chi connectivity index (χ4v) is 6.42. The van der Waals surface area contributed by atoms with Crippen LogP contribution in [0.25, 0.3) is 0 Å². The molecule has 3 aromatic rings. The molecule has 1 N–H and O–H groups in total. The van der Waals surface area contributed by atoms with E-state index >= 15 is 0 Å². The van der Waals surface area contributed by atoms with Gasteiger partial charge in [-0.1, -0.05) is 60.1 Å². The van der Waals surface area contributed by atoms with Gasteiger partial charge in [0.15, 0.2) is 5.78 Å². The highest BCUT2D eigenvalue weighted by atomic mass is 35.5. The van der Waals surface area contributed by atoms with Crippen molar-refractivity contribution in [3.63, 3.8) is 0 Å². The molecule has 0 aromatic heterocycles. The molecule has 0 radical (unpaired) electrons.